The fourth-order valence-corrected chi connectivity index (χ4v) is 3.37. The van der Waals surface area contributed by atoms with Gasteiger partial charge in [-0.05, 0) is 44.4 Å². The van der Waals surface area contributed by atoms with Gasteiger partial charge >= 0.3 is 5.97 Å². The van der Waals surface area contributed by atoms with Crippen LogP contribution in [0.4, 0.5) is 5.69 Å². The number of esters is 1. The van der Waals surface area contributed by atoms with Gasteiger partial charge < -0.3 is 14.9 Å². The van der Waals surface area contributed by atoms with E-state index >= 15 is 0 Å². The molecular formula is C19H21N3O2. The van der Waals surface area contributed by atoms with E-state index in [1.165, 1.54) is 5.56 Å². The fraction of sp³-hybridized carbons (Fsp3) is 0.263. The van der Waals surface area contributed by atoms with Gasteiger partial charge in [0.05, 0.1) is 24.0 Å². The Morgan fingerprint density at radius 3 is 2.50 bits per heavy atom. The predicted molar refractivity (Wildman–Crippen MR) is 95.2 cm³/mol. The van der Waals surface area contributed by atoms with Crippen LogP contribution >= 0.6 is 0 Å². The van der Waals surface area contributed by atoms with E-state index in [2.05, 4.69) is 37.9 Å². The number of hydrogen-bond donors (Lipinski definition) is 1. The molecule has 0 saturated heterocycles. The van der Waals surface area contributed by atoms with Crippen molar-refractivity contribution < 1.29 is 9.53 Å². The lowest BCUT2D eigenvalue weighted by molar-refractivity contribution is 0.0519. The van der Waals surface area contributed by atoms with Crippen LogP contribution in [0.1, 0.15) is 34.1 Å². The van der Waals surface area contributed by atoms with Gasteiger partial charge in [0.15, 0.2) is 5.69 Å². The van der Waals surface area contributed by atoms with Crippen LogP contribution in [-0.4, -0.2) is 22.0 Å². The molecular weight excluding hydrogens is 302 g/mol. The van der Waals surface area contributed by atoms with Crippen molar-refractivity contribution in [1.29, 1.82) is 0 Å². The Kier molecular flexibility index (Phi) is 4.01. The molecule has 0 spiro atoms. The first-order chi connectivity index (χ1) is 11.5. The molecule has 3 rings (SSSR count). The molecule has 0 saturated carbocycles. The van der Waals surface area contributed by atoms with Gasteiger partial charge in [-0.25, -0.2) is 4.79 Å². The van der Waals surface area contributed by atoms with E-state index in [0.29, 0.717) is 18.0 Å². The van der Waals surface area contributed by atoms with Crippen LogP contribution in [0.5, 0.6) is 0 Å². The summed E-state index contributed by atoms with van der Waals surface area (Å²) >= 11 is 0. The molecule has 0 unspecified atom stereocenters. The third-order valence-corrected chi connectivity index (χ3v) is 4.18. The summed E-state index contributed by atoms with van der Waals surface area (Å²) in [4.78, 5) is 16.6. The molecule has 0 radical (unpaired) electrons. The maximum Gasteiger partial charge on any atom is 0.357 e. The van der Waals surface area contributed by atoms with Crippen molar-refractivity contribution in [1.82, 2.24) is 9.38 Å². The number of anilines is 1. The molecule has 24 heavy (non-hydrogen) atoms. The zero-order valence-corrected chi connectivity index (χ0v) is 14.4. The molecule has 2 heterocycles. The van der Waals surface area contributed by atoms with Crippen molar-refractivity contribution in [2.45, 2.75) is 27.7 Å². The summed E-state index contributed by atoms with van der Waals surface area (Å²) in [6, 6.07) is 4.23. The normalized spacial score (nSPS) is 11.0. The summed E-state index contributed by atoms with van der Waals surface area (Å²) in [5.74, 6) is -0.426. The number of carbonyl (C=O) groups excluding carboxylic acids is 1. The second-order valence-corrected chi connectivity index (χ2v) is 5.96. The van der Waals surface area contributed by atoms with E-state index in [4.69, 9.17) is 10.5 Å². The Morgan fingerprint density at radius 1 is 1.21 bits per heavy atom. The first-order valence-corrected chi connectivity index (χ1v) is 7.94. The summed E-state index contributed by atoms with van der Waals surface area (Å²) in [6.07, 6.45) is 5.10. The van der Waals surface area contributed by atoms with Crippen LogP contribution in [0, 0.1) is 20.8 Å². The minimum absolute atomic E-state index is 0.300. The van der Waals surface area contributed by atoms with Crippen molar-refractivity contribution in [2.75, 3.05) is 12.3 Å². The van der Waals surface area contributed by atoms with E-state index in [0.717, 1.165) is 27.8 Å². The SMILES string of the molecule is CCOC(=O)c1c(N)c(-c2c(C)cc(C)cc2C)c2cnccn12. The molecule has 0 aliphatic carbocycles. The molecule has 0 bridgehead atoms. The lowest BCUT2D eigenvalue weighted by atomic mass is 9.93. The third kappa shape index (κ3) is 2.42. The highest BCUT2D eigenvalue weighted by Crippen LogP contribution is 2.39. The average molecular weight is 323 g/mol. The minimum Gasteiger partial charge on any atom is -0.461 e. The van der Waals surface area contributed by atoms with E-state index in [9.17, 15) is 4.79 Å². The van der Waals surface area contributed by atoms with E-state index in [-0.39, 0.29) is 0 Å². The lowest BCUT2D eigenvalue weighted by Gasteiger charge is -2.12. The molecule has 5 nitrogen and oxygen atoms in total. The van der Waals surface area contributed by atoms with E-state index in [1.807, 2.05) is 0 Å². The number of fused-ring (bicyclic) bond motifs is 1. The fourth-order valence-electron chi connectivity index (χ4n) is 3.37. The van der Waals surface area contributed by atoms with Crippen LogP contribution in [0.15, 0.2) is 30.7 Å². The van der Waals surface area contributed by atoms with Crippen molar-refractivity contribution in [3.05, 3.63) is 53.1 Å². The smallest absolute Gasteiger partial charge is 0.357 e. The van der Waals surface area contributed by atoms with Gasteiger partial charge in [0, 0.05) is 18.0 Å². The Hall–Kier alpha value is -2.82. The lowest BCUT2D eigenvalue weighted by Crippen LogP contribution is -2.10. The van der Waals surface area contributed by atoms with Gasteiger partial charge in [0.2, 0.25) is 0 Å². The molecule has 3 aromatic rings. The van der Waals surface area contributed by atoms with Gasteiger partial charge in [0.1, 0.15) is 0 Å². The van der Waals surface area contributed by atoms with Crippen molar-refractivity contribution >= 4 is 17.2 Å². The molecule has 0 atom stereocenters. The Bertz CT molecular complexity index is 918. The number of nitrogen functional groups attached to an aromatic ring is 1. The van der Waals surface area contributed by atoms with Gasteiger partial charge in [-0.3, -0.25) is 4.98 Å². The first-order valence-electron chi connectivity index (χ1n) is 7.94. The second-order valence-electron chi connectivity index (χ2n) is 5.96. The number of nitrogens with zero attached hydrogens (tertiary/aromatic N) is 2. The topological polar surface area (TPSA) is 69.6 Å². The number of rotatable bonds is 3. The molecule has 0 fully saturated rings. The summed E-state index contributed by atoms with van der Waals surface area (Å²) < 4.78 is 6.94. The molecule has 124 valence electrons. The predicted octanol–water partition coefficient (Wildman–Crippen LogP) is 3.69. The van der Waals surface area contributed by atoms with Crippen LogP contribution in [0.3, 0.4) is 0 Å². The summed E-state index contributed by atoms with van der Waals surface area (Å²) in [6.45, 7) is 8.25. The minimum atomic E-state index is -0.426. The highest BCUT2D eigenvalue weighted by molar-refractivity contribution is 6.05. The maximum atomic E-state index is 12.4. The number of aromatic nitrogens is 2. The van der Waals surface area contributed by atoms with Crippen molar-refractivity contribution in [2.24, 2.45) is 0 Å². The monoisotopic (exact) mass is 323 g/mol. The average Bonchev–Trinajstić information content (AvgIpc) is 2.79. The molecule has 5 heteroatoms. The van der Waals surface area contributed by atoms with Gasteiger partial charge in [-0.15, -0.1) is 0 Å². The Morgan fingerprint density at radius 2 is 1.88 bits per heavy atom. The number of ether oxygens (including phenoxy) is 1. The van der Waals surface area contributed by atoms with Crippen LogP contribution in [-0.2, 0) is 4.74 Å². The highest BCUT2D eigenvalue weighted by Gasteiger charge is 2.25. The van der Waals surface area contributed by atoms with Crippen LogP contribution in [0.2, 0.25) is 0 Å². The molecule has 0 aliphatic heterocycles. The molecule has 2 aromatic heterocycles. The van der Waals surface area contributed by atoms with Gasteiger partial charge in [0.25, 0.3) is 0 Å². The Balaban J connectivity index is 2.39. The van der Waals surface area contributed by atoms with Crippen molar-refractivity contribution in [3.8, 4) is 11.1 Å². The van der Waals surface area contributed by atoms with Crippen LogP contribution < -0.4 is 5.73 Å². The van der Waals surface area contributed by atoms with E-state index < -0.39 is 5.97 Å². The van der Waals surface area contributed by atoms with Gasteiger partial charge in [-0.2, -0.15) is 0 Å². The standard InChI is InChI=1S/C19H21N3O2/c1-5-24-19(23)18-17(20)16(14-10-21-6-7-22(14)18)15-12(3)8-11(2)9-13(15)4/h6-10H,5,20H2,1-4H3. The van der Waals surface area contributed by atoms with Crippen molar-refractivity contribution in [3.63, 3.8) is 0 Å². The number of hydrogen-bond acceptors (Lipinski definition) is 4. The maximum absolute atomic E-state index is 12.4. The van der Waals surface area contributed by atoms with E-state index in [1.54, 1.807) is 29.9 Å². The second kappa shape index (κ2) is 6.00. The zero-order chi connectivity index (χ0) is 17.4. The molecule has 0 aliphatic rings. The quantitative estimate of drug-likeness (QED) is 0.746. The summed E-state index contributed by atoms with van der Waals surface area (Å²) in [5, 5.41) is 0. The molecule has 1 aromatic carbocycles. The van der Waals surface area contributed by atoms with Gasteiger partial charge in [-0.1, -0.05) is 17.7 Å². The number of nitrogens with two attached hydrogens (primary N) is 1. The summed E-state index contributed by atoms with van der Waals surface area (Å²) in [7, 11) is 0. The number of benzene rings is 1. The summed E-state index contributed by atoms with van der Waals surface area (Å²) in [5.41, 5.74) is 13.3. The number of carbonyl (C=O) groups is 1. The zero-order valence-electron chi connectivity index (χ0n) is 14.4. The molecule has 2 N–H and O–H groups in total. The Labute approximate surface area is 141 Å². The largest absolute Gasteiger partial charge is 0.461 e. The van der Waals surface area contributed by atoms with Crippen LogP contribution in [0.25, 0.3) is 16.6 Å². The number of aryl methyl sites for hydroxylation is 3. The third-order valence-electron chi connectivity index (χ3n) is 4.18. The highest BCUT2D eigenvalue weighted by atomic mass is 16.5. The first kappa shape index (κ1) is 16.1. The molecule has 0 amide bonds.